The van der Waals surface area contributed by atoms with Crippen molar-refractivity contribution in [1.82, 2.24) is 0 Å². The SMILES string of the molecule is O=C1CCCCC1[C@H](O)c1ccccc1[N+](=O)[O-]. The fourth-order valence-electron chi connectivity index (χ4n) is 2.46. The van der Waals surface area contributed by atoms with Crippen LogP contribution in [0.3, 0.4) is 0 Å². The molecule has 0 aliphatic heterocycles. The first-order valence-corrected chi connectivity index (χ1v) is 6.05. The Morgan fingerprint density at radius 3 is 2.72 bits per heavy atom. The minimum Gasteiger partial charge on any atom is -0.387 e. The molecule has 1 aromatic carbocycles. The minimum absolute atomic E-state index is 0.00639. The maximum Gasteiger partial charge on any atom is 0.275 e. The van der Waals surface area contributed by atoms with Crippen LogP contribution < -0.4 is 0 Å². The number of benzene rings is 1. The third-order valence-corrected chi connectivity index (χ3v) is 3.44. The molecule has 1 aliphatic rings. The molecule has 1 unspecified atom stereocenters. The van der Waals surface area contributed by atoms with E-state index in [0.717, 1.165) is 12.8 Å². The summed E-state index contributed by atoms with van der Waals surface area (Å²) >= 11 is 0. The molecule has 0 aromatic heterocycles. The molecule has 0 bridgehead atoms. The van der Waals surface area contributed by atoms with Crippen molar-refractivity contribution in [3.8, 4) is 0 Å². The van der Waals surface area contributed by atoms with E-state index in [9.17, 15) is 20.0 Å². The Kier molecular flexibility index (Phi) is 3.72. The fourth-order valence-corrected chi connectivity index (χ4v) is 2.46. The maximum absolute atomic E-state index is 11.8. The summed E-state index contributed by atoms with van der Waals surface area (Å²) in [5.74, 6) is -0.494. The minimum atomic E-state index is -1.07. The van der Waals surface area contributed by atoms with Crippen LogP contribution in [0, 0.1) is 16.0 Å². The molecule has 2 rings (SSSR count). The Morgan fingerprint density at radius 1 is 1.33 bits per heavy atom. The van der Waals surface area contributed by atoms with Crippen LogP contribution in [0.25, 0.3) is 0 Å². The number of hydrogen-bond acceptors (Lipinski definition) is 4. The molecule has 1 fully saturated rings. The second kappa shape index (κ2) is 5.27. The van der Waals surface area contributed by atoms with Crippen LogP contribution >= 0.6 is 0 Å². The molecule has 0 heterocycles. The van der Waals surface area contributed by atoms with Gasteiger partial charge in [0.2, 0.25) is 0 Å². The molecule has 18 heavy (non-hydrogen) atoms. The van der Waals surface area contributed by atoms with Gasteiger partial charge in [-0.2, -0.15) is 0 Å². The molecule has 0 amide bonds. The summed E-state index contributed by atoms with van der Waals surface area (Å²) in [6.07, 6.45) is 1.72. The molecule has 0 saturated heterocycles. The van der Waals surface area contributed by atoms with Gasteiger partial charge in [0.25, 0.3) is 5.69 Å². The molecule has 1 aliphatic carbocycles. The van der Waals surface area contributed by atoms with Crippen LogP contribution in [-0.2, 0) is 4.79 Å². The predicted molar refractivity (Wildman–Crippen MR) is 65.0 cm³/mol. The van der Waals surface area contributed by atoms with Crippen LogP contribution in [0.15, 0.2) is 24.3 Å². The second-order valence-corrected chi connectivity index (χ2v) is 4.58. The molecule has 1 saturated carbocycles. The zero-order chi connectivity index (χ0) is 13.1. The van der Waals surface area contributed by atoms with Gasteiger partial charge in [-0.15, -0.1) is 0 Å². The lowest BCUT2D eigenvalue weighted by Crippen LogP contribution is -2.26. The highest BCUT2D eigenvalue weighted by Crippen LogP contribution is 2.35. The van der Waals surface area contributed by atoms with Crippen molar-refractivity contribution in [1.29, 1.82) is 0 Å². The van der Waals surface area contributed by atoms with Gasteiger partial charge in [-0.05, 0) is 18.9 Å². The molecule has 0 radical (unpaired) electrons. The first kappa shape index (κ1) is 12.7. The van der Waals surface area contributed by atoms with E-state index in [1.807, 2.05) is 0 Å². The van der Waals surface area contributed by atoms with Crippen molar-refractivity contribution < 1.29 is 14.8 Å². The van der Waals surface area contributed by atoms with Crippen LogP contribution in [0.5, 0.6) is 0 Å². The maximum atomic E-state index is 11.8. The standard InChI is InChI=1S/C13H15NO4/c15-12-8-4-2-6-10(12)13(16)9-5-1-3-7-11(9)14(17)18/h1,3,5,7,10,13,16H,2,4,6,8H2/t10?,13-/m1/s1. The number of nitro benzene ring substituents is 1. The van der Waals surface area contributed by atoms with E-state index in [-0.39, 0.29) is 17.0 Å². The van der Waals surface area contributed by atoms with Gasteiger partial charge in [-0.25, -0.2) is 0 Å². The first-order chi connectivity index (χ1) is 8.61. The number of carbonyl (C=O) groups excluding carboxylic acids is 1. The van der Waals surface area contributed by atoms with Gasteiger partial charge >= 0.3 is 0 Å². The van der Waals surface area contributed by atoms with Gasteiger partial charge < -0.3 is 5.11 Å². The summed E-state index contributed by atoms with van der Waals surface area (Å²) in [5, 5.41) is 21.1. The Labute approximate surface area is 105 Å². The number of hydrogen-bond donors (Lipinski definition) is 1. The van der Waals surface area contributed by atoms with Gasteiger partial charge in [0.15, 0.2) is 0 Å². The summed E-state index contributed by atoms with van der Waals surface area (Å²) in [6, 6.07) is 6.06. The molecule has 1 N–H and O–H groups in total. The normalized spacial score (nSPS) is 21.6. The van der Waals surface area contributed by atoms with Crippen molar-refractivity contribution >= 4 is 11.5 Å². The van der Waals surface area contributed by atoms with Crippen LogP contribution in [-0.4, -0.2) is 15.8 Å². The Morgan fingerprint density at radius 2 is 2.06 bits per heavy atom. The van der Waals surface area contributed by atoms with Crippen LogP contribution in [0.4, 0.5) is 5.69 Å². The molecule has 2 atom stereocenters. The summed E-state index contributed by atoms with van der Waals surface area (Å²) in [7, 11) is 0. The fraction of sp³-hybridized carbons (Fsp3) is 0.462. The highest BCUT2D eigenvalue weighted by molar-refractivity contribution is 5.82. The topological polar surface area (TPSA) is 80.4 Å². The average molecular weight is 249 g/mol. The monoisotopic (exact) mass is 249 g/mol. The molecule has 1 aromatic rings. The van der Waals surface area contributed by atoms with Gasteiger partial charge in [0.1, 0.15) is 5.78 Å². The summed E-state index contributed by atoms with van der Waals surface area (Å²) in [6.45, 7) is 0. The van der Waals surface area contributed by atoms with E-state index >= 15 is 0 Å². The van der Waals surface area contributed by atoms with E-state index in [2.05, 4.69) is 0 Å². The Hall–Kier alpha value is -1.75. The molecule has 0 spiro atoms. The quantitative estimate of drug-likeness (QED) is 0.658. The zero-order valence-corrected chi connectivity index (χ0v) is 9.91. The summed E-state index contributed by atoms with van der Waals surface area (Å²) in [5.41, 5.74) is 0.117. The van der Waals surface area contributed by atoms with E-state index in [4.69, 9.17) is 0 Å². The van der Waals surface area contributed by atoms with Crippen molar-refractivity contribution in [2.45, 2.75) is 31.8 Å². The van der Waals surface area contributed by atoms with E-state index in [0.29, 0.717) is 12.8 Å². The highest BCUT2D eigenvalue weighted by atomic mass is 16.6. The third-order valence-electron chi connectivity index (χ3n) is 3.44. The Balaban J connectivity index is 2.30. The van der Waals surface area contributed by atoms with Gasteiger partial charge in [-0.3, -0.25) is 14.9 Å². The zero-order valence-electron chi connectivity index (χ0n) is 9.91. The largest absolute Gasteiger partial charge is 0.387 e. The van der Waals surface area contributed by atoms with Crippen LogP contribution in [0.2, 0.25) is 0 Å². The molecule has 5 nitrogen and oxygen atoms in total. The van der Waals surface area contributed by atoms with E-state index in [1.54, 1.807) is 12.1 Å². The lowest BCUT2D eigenvalue weighted by molar-refractivity contribution is -0.386. The van der Waals surface area contributed by atoms with Gasteiger partial charge in [0, 0.05) is 18.4 Å². The third kappa shape index (κ3) is 2.41. The molecular formula is C13H15NO4. The van der Waals surface area contributed by atoms with Crippen molar-refractivity contribution in [3.63, 3.8) is 0 Å². The molecule has 96 valence electrons. The van der Waals surface area contributed by atoms with E-state index < -0.39 is 16.9 Å². The first-order valence-electron chi connectivity index (χ1n) is 6.05. The number of aliphatic hydroxyl groups is 1. The lowest BCUT2D eigenvalue weighted by Gasteiger charge is -2.25. The smallest absolute Gasteiger partial charge is 0.275 e. The summed E-state index contributed by atoms with van der Waals surface area (Å²) in [4.78, 5) is 22.1. The number of Topliss-reactive ketones (excluding diaryl/α,β-unsaturated/α-hetero) is 1. The highest BCUT2D eigenvalue weighted by Gasteiger charge is 2.33. The average Bonchev–Trinajstić information content (AvgIpc) is 2.38. The molecule has 5 heteroatoms. The molecular weight excluding hydrogens is 234 g/mol. The van der Waals surface area contributed by atoms with E-state index in [1.165, 1.54) is 12.1 Å². The number of nitro groups is 1. The predicted octanol–water partition coefficient (Wildman–Crippen LogP) is 2.39. The number of para-hydroxylation sites is 1. The summed E-state index contributed by atoms with van der Waals surface area (Å²) < 4.78 is 0. The van der Waals surface area contributed by atoms with Crippen LogP contribution in [0.1, 0.15) is 37.4 Å². The Bertz CT molecular complexity index is 472. The number of aliphatic hydroxyl groups excluding tert-OH is 1. The lowest BCUT2D eigenvalue weighted by atomic mass is 9.81. The second-order valence-electron chi connectivity index (χ2n) is 4.58. The number of ketones is 1. The number of rotatable bonds is 3. The van der Waals surface area contributed by atoms with Gasteiger partial charge in [0.05, 0.1) is 16.6 Å². The van der Waals surface area contributed by atoms with Gasteiger partial charge in [-0.1, -0.05) is 18.6 Å². The van der Waals surface area contributed by atoms with Crippen molar-refractivity contribution in [2.75, 3.05) is 0 Å². The van der Waals surface area contributed by atoms with Crippen molar-refractivity contribution in [3.05, 3.63) is 39.9 Å². The van der Waals surface area contributed by atoms with Crippen molar-refractivity contribution in [2.24, 2.45) is 5.92 Å². The number of nitrogens with zero attached hydrogens (tertiary/aromatic N) is 1. The number of carbonyl (C=O) groups is 1.